The Bertz CT molecular complexity index is 465. The zero-order valence-corrected chi connectivity index (χ0v) is 9.72. The SMILES string of the molecule is C#CC1CC(=O)N(Cc2cccnc2OC)C1. The molecule has 1 atom stereocenters. The lowest BCUT2D eigenvalue weighted by Gasteiger charge is -2.16. The van der Waals surface area contributed by atoms with Crippen LogP contribution in [0.3, 0.4) is 0 Å². The third kappa shape index (κ3) is 2.39. The first kappa shape index (κ1) is 11.5. The monoisotopic (exact) mass is 230 g/mol. The molecule has 2 heterocycles. The lowest BCUT2D eigenvalue weighted by Crippen LogP contribution is -2.24. The Hall–Kier alpha value is -2.02. The second-order valence-corrected chi connectivity index (χ2v) is 4.01. The highest BCUT2D eigenvalue weighted by atomic mass is 16.5. The van der Waals surface area contributed by atoms with Crippen molar-refractivity contribution in [3.8, 4) is 18.2 Å². The van der Waals surface area contributed by atoms with Crippen LogP contribution in [-0.4, -0.2) is 29.4 Å². The van der Waals surface area contributed by atoms with Crippen molar-refractivity contribution < 1.29 is 9.53 Å². The Morgan fingerprint density at radius 2 is 2.53 bits per heavy atom. The van der Waals surface area contributed by atoms with Gasteiger partial charge in [-0.25, -0.2) is 4.98 Å². The number of methoxy groups -OCH3 is 1. The predicted octanol–water partition coefficient (Wildman–Crippen LogP) is 1.07. The standard InChI is InChI=1S/C13H14N2O2/c1-3-10-7-12(16)15(8-10)9-11-5-4-6-14-13(11)17-2/h1,4-6,10H,7-9H2,2H3. The van der Waals surface area contributed by atoms with E-state index in [0.717, 1.165) is 5.56 Å². The first-order valence-electron chi connectivity index (χ1n) is 5.46. The van der Waals surface area contributed by atoms with Gasteiger partial charge in [0.15, 0.2) is 0 Å². The van der Waals surface area contributed by atoms with Crippen LogP contribution in [0.5, 0.6) is 5.88 Å². The first-order valence-corrected chi connectivity index (χ1v) is 5.46. The molecule has 4 heteroatoms. The molecule has 17 heavy (non-hydrogen) atoms. The summed E-state index contributed by atoms with van der Waals surface area (Å²) in [5.74, 6) is 3.32. The van der Waals surface area contributed by atoms with Gasteiger partial charge < -0.3 is 9.64 Å². The number of pyridine rings is 1. The van der Waals surface area contributed by atoms with Gasteiger partial charge in [0.1, 0.15) is 0 Å². The van der Waals surface area contributed by atoms with E-state index in [1.165, 1.54) is 0 Å². The third-order valence-electron chi connectivity index (χ3n) is 2.85. The van der Waals surface area contributed by atoms with E-state index in [9.17, 15) is 4.79 Å². The number of carbonyl (C=O) groups excluding carboxylic acids is 1. The molecule has 4 nitrogen and oxygen atoms in total. The largest absolute Gasteiger partial charge is 0.481 e. The highest BCUT2D eigenvalue weighted by Crippen LogP contribution is 2.22. The predicted molar refractivity (Wildman–Crippen MR) is 63.1 cm³/mol. The van der Waals surface area contributed by atoms with Crippen LogP contribution in [0.4, 0.5) is 0 Å². The average Bonchev–Trinajstić information content (AvgIpc) is 2.71. The normalized spacial score (nSPS) is 19.2. The number of terminal acetylenes is 1. The van der Waals surface area contributed by atoms with Crippen molar-refractivity contribution in [2.45, 2.75) is 13.0 Å². The molecule has 0 spiro atoms. The van der Waals surface area contributed by atoms with Crippen LogP contribution in [0, 0.1) is 18.3 Å². The van der Waals surface area contributed by atoms with Crippen molar-refractivity contribution in [3.63, 3.8) is 0 Å². The Morgan fingerprint density at radius 1 is 1.71 bits per heavy atom. The summed E-state index contributed by atoms with van der Waals surface area (Å²) < 4.78 is 5.15. The summed E-state index contributed by atoms with van der Waals surface area (Å²) in [6, 6.07) is 3.74. The maximum absolute atomic E-state index is 11.7. The van der Waals surface area contributed by atoms with E-state index in [1.54, 1.807) is 18.2 Å². The van der Waals surface area contributed by atoms with Crippen LogP contribution in [-0.2, 0) is 11.3 Å². The van der Waals surface area contributed by atoms with Gasteiger partial charge in [-0.3, -0.25) is 4.79 Å². The smallest absolute Gasteiger partial charge is 0.224 e. The van der Waals surface area contributed by atoms with E-state index >= 15 is 0 Å². The molecule has 0 aromatic carbocycles. The molecule has 0 N–H and O–H groups in total. The van der Waals surface area contributed by atoms with Crippen molar-refractivity contribution in [1.29, 1.82) is 0 Å². The molecule has 1 fully saturated rings. The molecule has 1 amide bonds. The molecule has 1 unspecified atom stereocenters. The fourth-order valence-electron chi connectivity index (χ4n) is 1.97. The second-order valence-electron chi connectivity index (χ2n) is 4.01. The fraction of sp³-hybridized carbons (Fsp3) is 0.385. The van der Waals surface area contributed by atoms with Crippen LogP contribution in [0.1, 0.15) is 12.0 Å². The van der Waals surface area contributed by atoms with Gasteiger partial charge in [0.05, 0.1) is 13.7 Å². The Labute approximate surface area is 101 Å². The molecule has 1 aliphatic rings. The molecule has 0 bridgehead atoms. The van der Waals surface area contributed by atoms with E-state index < -0.39 is 0 Å². The molecule has 2 rings (SSSR count). The van der Waals surface area contributed by atoms with Gasteiger partial charge in [0.25, 0.3) is 0 Å². The molecule has 1 aromatic rings. The summed E-state index contributed by atoms with van der Waals surface area (Å²) in [6.45, 7) is 1.13. The zero-order chi connectivity index (χ0) is 12.3. The van der Waals surface area contributed by atoms with Gasteiger partial charge in [-0.15, -0.1) is 12.3 Å². The number of rotatable bonds is 3. The average molecular weight is 230 g/mol. The molecular formula is C13H14N2O2. The minimum absolute atomic E-state index is 0.0326. The molecule has 88 valence electrons. The van der Waals surface area contributed by atoms with Gasteiger partial charge >= 0.3 is 0 Å². The Morgan fingerprint density at radius 3 is 3.18 bits per heavy atom. The molecule has 1 saturated heterocycles. The van der Waals surface area contributed by atoms with E-state index in [2.05, 4.69) is 10.9 Å². The molecular weight excluding hydrogens is 216 g/mol. The lowest BCUT2D eigenvalue weighted by atomic mass is 10.1. The summed E-state index contributed by atoms with van der Waals surface area (Å²) in [6.07, 6.45) is 7.45. The third-order valence-corrected chi connectivity index (χ3v) is 2.85. The van der Waals surface area contributed by atoms with Gasteiger partial charge in [-0.1, -0.05) is 6.07 Å². The highest BCUT2D eigenvalue weighted by molar-refractivity contribution is 5.79. The summed E-state index contributed by atoms with van der Waals surface area (Å²) in [5.41, 5.74) is 0.904. The number of hydrogen-bond acceptors (Lipinski definition) is 3. The highest BCUT2D eigenvalue weighted by Gasteiger charge is 2.28. The number of amides is 1. The van der Waals surface area contributed by atoms with Crippen molar-refractivity contribution in [1.82, 2.24) is 9.88 Å². The van der Waals surface area contributed by atoms with Crippen molar-refractivity contribution in [2.24, 2.45) is 5.92 Å². The van der Waals surface area contributed by atoms with Crippen LogP contribution in [0.15, 0.2) is 18.3 Å². The van der Waals surface area contributed by atoms with Gasteiger partial charge in [0.2, 0.25) is 11.8 Å². The minimum atomic E-state index is 0.0326. The van der Waals surface area contributed by atoms with E-state index in [4.69, 9.17) is 11.2 Å². The van der Waals surface area contributed by atoms with E-state index in [-0.39, 0.29) is 11.8 Å². The molecule has 0 aliphatic carbocycles. The van der Waals surface area contributed by atoms with E-state index in [0.29, 0.717) is 25.4 Å². The molecule has 0 radical (unpaired) electrons. The number of carbonyl (C=O) groups is 1. The van der Waals surface area contributed by atoms with Gasteiger partial charge in [-0.05, 0) is 6.07 Å². The van der Waals surface area contributed by atoms with Crippen molar-refractivity contribution >= 4 is 5.91 Å². The van der Waals surface area contributed by atoms with Crippen LogP contribution in [0.25, 0.3) is 0 Å². The number of aromatic nitrogens is 1. The summed E-state index contributed by atoms with van der Waals surface area (Å²) in [5, 5.41) is 0. The van der Waals surface area contributed by atoms with E-state index in [1.807, 2.05) is 12.1 Å². The Balaban J connectivity index is 2.11. The summed E-state index contributed by atoms with van der Waals surface area (Å²) >= 11 is 0. The Kier molecular flexibility index (Phi) is 3.29. The van der Waals surface area contributed by atoms with Crippen molar-refractivity contribution in [3.05, 3.63) is 23.9 Å². The minimum Gasteiger partial charge on any atom is -0.481 e. The quantitative estimate of drug-likeness (QED) is 0.729. The molecule has 1 aromatic heterocycles. The zero-order valence-electron chi connectivity index (χ0n) is 9.72. The molecule has 1 aliphatic heterocycles. The topological polar surface area (TPSA) is 42.4 Å². The number of ether oxygens (including phenoxy) is 1. The summed E-state index contributed by atoms with van der Waals surface area (Å²) in [7, 11) is 1.57. The number of nitrogens with zero attached hydrogens (tertiary/aromatic N) is 2. The van der Waals surface area contributed by atoms with Crippen LogP contribution in [0.2, 0.25) is 0 Å². The van der Waals surface area contributed by atoms with Crippen LogP contribution < -0.4 is 4.74 Å². The van der Waals surface area contributed by atoms with Crippen LogP contribution >= 0.6 is 0 Å². The maximum atomic E-state index is 11.7. The molecule has 0 saturated carbocycles. The van der Waals surface area contributed by atoms with Crippen molar-refractivity contribution in [2.75, 3.05) is 13.7 Å². The fourth-order valence-corrected chi connectivity index (χ4v) is 1.97. The first-order chi connectivity index (χ1) is 8.24. The maximum Gasteiger partial charge on any atom is 0.224 e. The number of likely N-dealkylation sites (tertiary alicyclic amines) is 1. The second kappa shape index (κ2) is 4.88. The summed E-state index contributed by atoms with van der Waals surface area (Å²) in [4.78, 5) is 17.6. The number of hydrogen-bond donors (Lipinski definition) is 0. The van der Waals surface area contributed by atoms with Gasteiger partial charge in [0, 0.05) is 30.6 Å². The van der Waals surface area contributed by atoms with Gasteiger partial charge in [-0.2, -0.15) is 0 Å². The lowest BCUT2D eigenvalue weighted by molar-refractivity contribution is -0.128.